The summed E-state index contributed by atoms with van der Waals surface area (Å²) in [5, 5.41) is 11.8. The molecule has 1 fully saturated rings. The van der Waals surface area contributed by atoms with Crippen LogP contribution in [0.1, 0.15) is 102 Å². The number of carbonyl (C=O) groups excluding carboxylic acids is 5. The van der Waals surface area contributed by atoms with Gasteiger partial charge in [0.25, 0.3) is 11.8 Å². The number of amides is 4. The molecule has 4 amide bonds. The Morgan fingerprint density at radius 1 is 0.672 bits per heavy atom. The summed E-state index contributed by atoms with van der Waals surface area (Å²) < 4.78 is 20.4. The van der Waals surface area contributed by atoms with E-state index in [1.54, 1.807) is 45.0 Å². The average molecular weight is 872 g/mol. The van der Waals surface area contributed by atoms with Crippen molar-refractivity contribution >= 4 is 38.4 Å². The van der Waals surface area contributed by atoms with Crippen molar-refractivity contribution < 1.29 is 66.9 Å². The zero-order chi connectivity index (χ0) is 45.9. The van der Waals surface area contributed by atoms with Gasteiger partial charge in [0.15, 0.2) is 5.54 Å². The van der Waals surface area contributed by atoms with Crippen molar-refractivity contribution in [1.29, 1.82) is 0 Å². The second kappa shape index (κ2) is 27.6. The van der Waals surface area contributed by atoms with Crippen LogP contribution in [-0.2, 0) is 37.0 Å². The molecule has 3 radical (unpaired) electrons. The molecule has 14 nitrogen and oxygen atoms in total. The summed E-state index contributed by atoms with van der Waals surface area (Å²) in [7, 11) is 0. The Bertz CT molecular complexity index is 2050. The first kappa shape index (κ1) is 56.4. The van der Waals surface area contributed by atoms with Gasteiger partial charge in [-0.15, -0.1) is 0 Å². The molecule has 1 aliphatic heterocycles. The van der Waals surface area contributed by atoms with Gasteiger partial charge in [0.2, 0.25) is 0 Å². The van der Waals surface area contributed by atoms with Crippen LogP contribution in [0.15, 0.2) is 97.1 Å². The van der Waals surface area contributed by atoms with Crippen LogP contribution in [-0.4, -0.2) is 84.4 Å². The maximum absolute atomic E-state index is 13.3. The topological polar surface area (TPSA) is 173 Å². The number of esters is 1. The van der Waals surface area contributed by atoms with Crippen molar-refractivity contribution in [3.8, 4) is 0 Å². The van der Waals surface area contributed by atoms with Crippen molar-refractivity contribution in [1.82, 2.24) is 20.9 Å². The van der Waals surface area contributed by atoms with E-state index in [1.165, 1.54) is 20.3 Å². The predicted molar refractivity (Wildman–Crippen MR) is 241 cm³/mol. The van der Waals surface area contributed by atoms with E-state index in [9.17, 15) is 29.1 Å². The molecule has 64 heavy (non-hydrogen) atoms. The van der Waals surface area contributed by atoms with Crippen LogP contribution in [0.25, 0.3) is 0 Å². The number of hydrazine groups is 2. The molecule has 3 N–H and O–H groups in total. The third kappa shape index (κ3) is 18.3. The first-order valence-corrected chi connectivity index (χ1v) is 20.4. The summed E-state index contributed by atoms with van der Waals surface area (Å²) >= 11 is 0. The number of aryl methyl sites for hydroxylation is 4. The summed E-state index contributed by atoms with van der Waals surface area (Å²) in [6.07, 6.45) is 0.757. The molecule has 5 rings (SSSR count). The molecule has 0 aromatic heterocycles. The van der Waals surface area contributed by atoms with Crippen LogP contribution in [0, 0.1) is 34.3 Å². The van der Waals surface area contributed by atoms with Crippen molar-refractivity contribution in [3.63, 3.8) is 0 Å². The number of hydrogen-bond acceptors (Lipinski definition) is 10. The van der Waals surface area contributed by atoms with Crippen molar-refractivity contribution in [2.75, 3.05) is 19.8 Å². The number of aliphatic hydroxyl groups excluding tert-OH is 1. The number of ether oxygens (including phenoxy) is 4. The van der Waals surface area contributed by atoms with E-state index >= 15 is 0 Å². The summed E-state index contributed by atoms with van der Waals surface area (Å²) in [5.74, 6) is -1.61. The van der Waals surface area contributed by atoms with Gasteiger partial charge in [-0.1, -0.05) is 101 Å². The van der Waals surface area contributed by atoms with Gasteiger partial charge in [0, 0.05) is 26.1 Å². The van der Waals surface area contributed by atoms with E-state index in [4.69, 9.17) is 18.9 Å². The minimum Gasteiger partial charge on any atom is -0.552 e. The number of aliphatic hydroxyl groups is 1. The van der Waals surface area contributed by atoms with Crippen LogP contribution in [0.2, 0.25) is 0 Å². The molecule has 0 unspecified atom stereocenters. The Kier molecular flexibility index (Phi) is 24.3. The smallest absolute Gasteiger partial charge is 0.552 e. The number of rotatable bonds is 11. The Morgan fingerprint density at radius 2 is 1.08 bits per heavy atom. The zero-order valence-corrected chi connectivity index (χ0v) is 38.9. The minimum absolute atomic E-state index is 0. The molecule has 0 atom stereocenters. The molecule has 337 valence electrons. The predicted octanol–water partition coefficient (Wildman–Crippen LogP) is 4.87. The largest absolute Gasteiger partial charge is 1.00 e. The van der Waals surface area contributed by atoms with Gasteiger partial charge >= 0.3 is 37.0 Å². The Labute approximate surface area is 392 Å². The van der Waals surface area contributed by atoms with E-state index in [-0.39, 0.29) is 53.7 Å². The number of benzene rings is 4. The molecule has 0 aliphatic carbocycles. The van der Waals surface area contributed by atoms with E-state index < -0.39 is 41.0 Å². The van der Waals surface area contributed by atoms with Crippen molar-refractivity contribution in [2.24, 2.45) is 0 Å². The number of carbonyl (C=O) groups is 5. The van der Waals surface area contributed by atoms with E-state index in [0.29, 0.717) is 11.1 Å². The fourth-order valence-electron chi connectivity index (χ4n) is 5.96. The van der Waals surface area contributed by atoms with Crippen molar-refractivity contribution in [3.05, 3.63) is 148 Å². The third-order valence-corrected chi connectivity index (χ3v) is 9.20. The Hall–Kier alpha value is -5.59. The van der Waals surface area contributed by atoms with Crippen LogP contribution >= 0.6 is 0 Å². The monoisotopic (exact) mass is 871 g/mol. The molecule has 16 heteroatoms. The summed E-state index contributed by atoms with van der Waals surface area (Å²) in [6, 6.07) is 29.2. The van der Waals surface area contributed by atoms with Crippen LogP contribution in [0.3, 0.4) is 0 Å². The molecule has 4 aromatic carbocycles. The normalized spacial score (nSPS) is 11.6. The maximum atomic E-state index is 13.3. The summed E-state index contributed by atoms with van der Waals surface area (Å²) in [6.45, 7) is 18.2. The molecule has 0 saturated carbocycles. The maximum Gasteiger partial charge on any atom is 1.00 e. The first-order valence-electron chi connectivity index (χ1n) is 20.4. The molecular weight excluding hydrogens is 810 g/mol. The van der Waals surface area contributed by atoms with Crippen LogP contribution in [0.4, 0.5) is 9.59 Å². The third-order valence-electron chi connectivity index (χ3n) is 9.20. The van der Waals surface area contributed by atoms with E-state index in [0.717, 1.165) is 56.4 Å². The Morgan fingerprint density at radius 3 is 1.42 bits per heavy atom. The Balaban J connectivity index is 0.000000561. The van der Waals surface area contributed by atoms with Gasteiger partial charge in [0.05, 0.1) is 18.8 Å². The van der Waals surface area contributed by atoms with Crippen LogP contribution < -0.4 is 29.7 Å². The molecule has 1 heterocycles. The average Bonchev–Trinajstić information content (AvgIpc) is 3.84. The second-order valence-electron chi connectivity index (χ2n) is 15.8. The van der Waals surface area contributed by atoms with Crippen molar-refractivity contribution in [2.45, 2.75) is 99.4 Å². The molecule has 1 saturated heterocycles. The number of hydrogen-bond donors (Lipinski definition) is 3. The van der Waals surface area contributed by atoms with Gasteiger partial charge in [-0.25, -0.2) is 41.9 Å². The van der Waals surface area contributed by atoms with Gasteiger partial charge in [0.1, 0.15) is 13.2 Å². The van der Waals surface area contributed by atoms with Gasteiger partial charge in [-0.05, 0) is 97.7 Å². The first-order chi connectivity index (χ1) is 29.4. The fourth-order valence-corrected chi connectivity index (χ4v) is 5.96. The van der Waals surface area contributed by atoms with Gasteiger partial charge < -0.3 is 24.1 Å². The molecular formula is C48H61BLiN4O10. The van der Waals surface area contributed by atoms with Crippen LogP contribution in [0.5, 0.6) is 0 Å². The standard InChI is InChI=1S/C23H28N2O5.C21H26N2O4.C4H7O.B.Li/c1-6-29-21(27)23(4,5)25(20(26)19-13-16(2)12-17(3)14-19)24-22(28)30-15-18-10-8-7-9-11-18;1-15-10-16(2)12-18(11-15)19(25)23(21(3,4)14-24)22-20(26)27-13-17-8-6-5-7-9-17;1-2-4-5-3-1;;/h7-14H,6,15H2,1-5H3,(H,24,28);5-12,24H,13-14H2,1-4H3,(H,22,26);3H,1-2,4H2;;/q;;-1;;+1. The summed E-state index contributed by atoms with van der Waals surface area (Å²) in [5.41, 5.74) is 8.48. The summed E-state index contributed by atoms with van der Waals surface area (Å²) in [4.78, 5) is 63.5. The molecule has 4 aromatic rings. The van der Waals surface area contributed by atoms with Gasteiger partial charge in [-0.3, -0.25) is 9.59 Å². The number of nitrogens with zero attached hydrogens (tertiary/aromatic N) is 2. The quantitative estimate of drug-likeness (QED) is 0.0621. The van der Waals surface area contributed by atoms with E-state index in [2.05, 4.69) is 10.9 Å². The van der Waals surface area contributed by atoms with Gasteiger partial charge in [-0.2, -0.15) is 6.42 Å². The minimum atomic E-state index is -1.46. The number of nitrogens with one attached hydrogen (secondary N) is 2. The fraction of sp³-hybridized carbons (Fsp3) is 0.375. The second-order valence-corrected chi connectivity index (χ2v) is 15.8. The zero-order valence-electron chi connectivity index (χ0n) is 38.9. The SMILES string of the molecule is CCOC(=O)C(C)(C)N(NC(=O)OCc1ccccc1)C(=O)c1cc(C)cc(C)c1.Cc1cc(C)cc(C(=O)N(NC(=O)OCc2ccccc2)C(C)(C)CO)c1.[B].[CH-]1CCCO1.[Li+]. The molecule has 0 bridgehead atoms. The molecule has 1 aliphatic rings. The van der Waals surface area contributed by atoms with E-state index in [1.807, 2.05) is 107 Å². The molecule has 0 spiro atoms.